The summed E-state index contributed by atoms with van der Waals surface area (Å²) < 4.78 is 14.7. The van der Waals surface area contributed by atoms with Gasteiger partial charge in [0.15, 0.2) is 16.8 Å². The number of rotatable bonds is 10. The molecule has 0 aliphatic carbocycles. The van der Waals surface area contributed by atoms with Crippen molar-refractivity contribution in [2.24, 2.45) is 13.0 Å². The Morgan fingerprint density at radius 3 is 2.36 bits per heavy atom. The van der Waals surface area contributed by atoms with E-state index in [9.17, 15) is 14.4 Å². The molecule has 12 heteroatoms. The lowest BCUT2D eigenvalue weighted by molar-refractivity contribution is 0.102. The van der Waals surface area contributed by atoms with Crippen LogP contribution in [0.15, 0.2) is 63.3 Å². The molecule has 0 aliphatic rings. The number of nitrogens with two attached hydrogens (primary N) is 1. The van der Waals surface area contributed by atoms with Gasteiger partial charge in [-0.2, -0.15) is 0 Å². The number of ketones is 1. The second-order valence-corrected chi connectivity index (χ2v) is 10.1. The number of anilines is 1. The van der Waals surface area contributed by atoms with Crippen LogP contribution in [0.3, 0.4) is 0 Å². The first-order valence-corrected chi connectivity index (χ1v) is 13.1. The maximum Gasteiger partial charge on any atom is 0.332 e. The molecule has 0 fully saturated rings. The van der Waals surface area contributed by atoms with Crippen LogP contribution in [-0.4, -0.2) is 49.7 Å². The fourth-order valence-electron chi connectivity index (χ4n) is 4.07. The Balaban J connectivity index is 1.74. The fourth-order valence-corrected chi connectivity index (χ4v) is 4.89. The lowest BCUT2D eigenvalue weighted by atomic mass is 10.2. The van der Waals surface area contributed by atoms with E-state index >= 15 is 0 Å². The monoisotopic (exact) mass is 550 g/mol. The molecule has 0 aliphatic heterocycles. The van der Waals surface area contributed by atoms with E-state index in [1.165, 1.54) is 11.6 Å². The summed E-state index contributed by atoms with van der Waals surface area (Å²) >= 11 is 1.11. The Kier molecular flexibility index (Phi) is 8.24. The molecule has 0 atom stereocenters. The van der Waals surface area contributed by atoms with Gasteiger partial charge in [0.1, 0.15) is 22.9 Å². The molecule has 4 aromatic rings. The first kappa shape index (κ1) is 27.7. The summed E-state index contributed by atoms with van der Waals surface area (Å²) in [6.07, 6.45) is 0. The Labute approximate surface area is 229 Å². The van der Waals surface area contributed by atoms with Crippen molar-refractivity contribution >= 4 is 23.4 Å². The van der Waals surface area contributed by atoms with Gasteiger partial charge in [-0.25, -0.2) is 4.79 Å². The molecule has 4 rings (SSSR count). The Morgan fingerprint density at radius 1 is 1.03 bits per heavy atom. The third-order valence-corrected chi connectivity index (χ3v) is 6.96. The van der Waals surface area contributed by atoms with Gasteiger partial charge in [-0.15, -0.1) is 10.2 Å². The summed E-state index contributed by atoms with van der Waals surface area (Å²) in [4.78, 5) is 38.8. The number of nitrogen functional groups attached to an aromatic ring is 1. The van der Waals surface area contributed by atoms with Gasteiger partial charge in [0.2, 0.25) is 0 Å². The summed E-state index contributed by atoms with van der Waals surface area (Å²) in [5.41, 5.74) is 6.20. The van der Waals surface area contributed by atoms with E-state index in [1.807, 2.05) is 66.9 Å². The predicted molar refractivity (Wildman–Crippen MR) is 150 cm³/mol. The Morgan fingerprint density at radius 2 is 1.72 bits per heavy atom. The number of ether oxygens (including phenoxy) is 2. The highest BCUT2D eigenvalue weighted by Crippen LogP contribution is 2.31. The number of hydrogen-bond donors (Lipinski definition) is 1. The molecule has 204 valence electrons. The van der Waals surface area contributed by atoms with Gasteiger partial charge in [-0.3, -0.25) is 23.3 Å². The van der Waals surface area contributed by atoms with Crippen molar-refractivity contribution in [1.29, 1.82) is 0 Å². The quantitative estimate of drug-likeness (QED) is 0.233. The summed E-state index contributed by atoms with van der Waals surface area (Å²) in [7, 11) is 4.51. The second kappa shape index (κ2) is 11.6. The smallest absolute Gasteiger partial charge is 0.332 e. The van der Waals surface area contributed by atoms with E-state index in [-0.39, 0.29) is 29.6 Å². The van der Waals surface area contributed by atoms with Gasteiger partial charge in [0, 0.05) is 24.8 Å². The number of methoxy groups -OCH3 is 2. The average molecular weight is 551 g/mol. The molecule has 0 unspecified atom stereocenters. The highest BCUT2D eigenvalue weighted by Gasteiger charge is 2.24. The largest absolute Gasteiger partial charge is 0.497 e. The summed E-state index contributed by atoms with van der Waals surface area (Å²) in [6.45, 7) is 4.11. The number of benzene rings is 2. The van der Waals surface area contributed by atoms with Gasteiger partial charge in [0.25, 0.3) is 5.56 Å². The molecule has 0 amide bonds. The standard InChI is InChI=1S/C27H30N6O5S/c1-16(2)14-32-23(28)22(25(35)31(3)27(32)36)21(34)15-39-26-30-29-24(17-7-6-8-20(13-17)38-5)33(26)18-9-11-19(37-4)12-10-18/h6-13,16H,14-15,28H2,1-5H3. The van der Waals surface area contributed by atoms with Crippen molar-refractivity contribution < 1.29 is 14.3 Å². The molecule has 0 saturated heterocycles. The third kappa shape index (κ3) is 5.60. The van der Waals surface area contributed by atoms with Gasteiger partial charge in [0.05, 0.1) is 20.0 Å². The number of thioether (sulfide) groups is 1. The van der Waals surface area contributed by atoms with Crippen molar-refractivity contribution in [3.63, 3.8) is 0 Å². The van der Waals surface area contributed by atoms with E-state index < -0.39 is 17.0 Å². The molecule has 2 aromatic carbocycles. The molecular formula is C27H30N6O5S. The van der Waals surface area contributed by atoms with Crippen LogP contribution in [0, 0.1) is 5.92 Å². The van der Waals surface area contributed by atoms with E-state index in [4.69, 9.17) is 15.2 Å². The van der Waals surface area contributed by atoms with Crippen LogP contribution in [0.5, 0.6) is 11.5 Å². The first-order chi connectivity index (χ1) is 18.7. The van der Waals surface area contributed by atoms with Crippen LogP contribution in [-0.2, 0) is 13.6 Å². The molecule has 0 radical (unpaired) electrons. The molecule has 0 saturated carbocycles. The minimum Gasteiger partial charge on any atom is -0.497 e. The van der Waals surface area contributed by atoms with Crippen LogP contribution in [0.1, 0.15) is 24.2 Å². The first-order valence-electron chi connectivity index (χ1n) is 12.2. The van der Waals surface area contributed by atoms with Crippen molar-refractivity contribution in [2.45, 2.75) is 25.5 Å². The predicted octanol–water partition coefficient (Wildman–Crippen LogP) is 3.03. The highest BCUT2D eigenvalue weighted by atomic mass is 32.2. The zero-order valence-corrected chi connectivity index (χ0v) is 23.2. The molecule has 2 aromatic heterocycles. The minimum atomic E-state index is -0.725. The van der Waals surface area contributed by atoms with Gasteiger partial charge in [-0.1, -0.05) is 37.7 Å². The Hall–Kier alpha value is -4.32. The molecule has 2 heterocycles. The summed E-state index contributed by atoms with van der Waals surface area (Å²) in [5, 5.41) is 9.17. The average Bonchev–Trinajstić information content (AvgIpc) is 3.37. The molecule has 11 nitrogen and oxygen atoms in total. The molecule has 0 bridgehead atoms. The molecule has 0 spiro atoms. The van der Waals surface area contributed by atoms with Crippen molar-refractivity contribution in [3.05, 3.63) is 74.9 Å². The summed E-state index contributed by atoms with van der Waals surface area (Å²) in [5.74, 6) is 1.17. The number of carbonyl (C=O) groups excluding carboxylic acids is 1. The van der Waals surface area contributed by atoms with E-state index in [1.54, 1.807) is 14.2 Å². The topological polar surface area (TPSA) is 136 Å². The van der Waals surface area contributed by atoms with Crippen molar-refractivity contribution in [2.75, 3.05) is 25.7 Å². The number of hydrogen-bond acceptors (Lipinski definition) is 9. The molecule has 2 N–H and O–H groups in total. The van der Waals surface area contributed by atoms with E-state index in [2.05, 4.69) is 10.2 Å². The van der Waals surface area contributed by atoms with Crippen LogP contribution < -0.4 is 26.5 Å². The molecular weight excluding hydrogens is 520 g/mol. The highest BCUT2D eigenvalue weighted by molar-refractivity contribution is 7.99. The number of carbonyl (C=O) groups is 1. The van der Waals surface area contributed by atoms with Gasteiger partial charge >= 0.3 is 5.69 Å². The van der Waals surface area contributed by atoms with Gasteiger partial charge in [-0.05, 0) is 42.3 Å². The second-order valence-electron chi connectivity index (χ2n) is 9.19. The maximum atomic E-state index is 13.3. The zero-order valence-electron chi connectivity index (χ0n) is 22.4. The number of Topliss-reactive ketones (excluding diaryl/α,β-unsaturated/α-hetero) is 1. The van der Waals surface area contributed by atoms with Gasteiger partial charge < -0.3 is 15.2 Å². The zero-order chi connectivity index (χ0) is 28.3. The van der Waals surface area contributed by atoms with Crippen LogP contribution in [0.25, 0.3) is 17.1 Å². The number of nitrogens with zero attached hydrogens (tertiary/aromatic N) is 5. The van der Waals surface area contributed by atoms with E-state index in [0.29, 0.717) is 22.5 Å². The minimum absolute atomic E-state index is 0.0814. The fraction of sp³-hybridized carbons (Fsp3) is 0.296. The Bertz CT molecular complexity index is 1620. The van der Waals surface area contributed by atoms with Crippen molar-refractivity contribution in [1.82, 2.24) is 23.9 Å². The SMILES string of the molecule is COc1ccc(-n2c(SCC(=O)c3c(N)n(CC(C)C)c(=O)n(C)c3=O)nnc2-c2cccc(OC)c2)cc1. The maximum absolute atomic E-state index is 13.3. The molecule has 39 heavy (non-hydrogen) atoms. The summed E-state index contributed by atoms with van der Waals surface area (Å²) in [6, 6.07) is 14.7. The van der Waals surface area contributed by atoms with Crippen molar-refractivity contribution in [3.8, 4) is 28.6 Å². The van der Waals surface area contributed by atoms with Crippen LogP contribution >= 0.6 is 11.8 Å². The number of aromatic nitrogens is 5. The lowest BCUT2D eigenvalue weighted by Gasteiger charge is -2.16. The third-order valence-electron chi connectivity index (χ3n) is 6.03. The van der Waals surface area contributed by atoms with E-state index in [0.717, 1.165) is 27.6 Å². The van der Waals surface area contributed by atoms with Crippen LogP contribution in [0.4, 0.5) is 5.82 Å². The normalized spacial score (nSPS) is 11.1. The van der Waals surface area contributed by atoms with Crippen LogP contribution in [0.2, 0.25) is 0 Å². The lowest BCUT2D eigenvalue weighted by Crippen LogP contribution is -2.43.